The summed E-state index contributed by atoms with van der Waals surface area (Å²) in [7, 11) is 2.99. The predicted molar refractivity (Wildman–Crippen MR) is 100 cm³/mol. The highest BCUT2D eigenvalue weighted by atomic mass is 79.9. The number of benzene rings is 2. The highest BCUT2D eigenvalue weighted by Crippen LogP contribution is 2.34. The number of nitrogens with zero attached hydrogens (tertiary/aromatic N) is 2. The third-order valence-corrected chi connectivity index (χ3v) is 4.82. The van der Waals surface area contributed by atoms with E-state index in [-0.39, 0.29) is 13.1 Å². The van der Waals surface area contributed by atoms with Crippen LogP contribution in [-0.4, -0.2) is 41.9 Å². The molecule has 0 unspecified atom stereocenters. The largest absolute Gasteiger partial charge is 0.496 e. The highest BCUT2D eigenvalue weighted by Gasteiger charge is 2.44. The Morgan fingerprint density at radius 3 is 2.04 bits per heavy atom. The van der Waals surface area contributed by atoms with E-state index in [2.05, 4.69) is 15.9 Å². The van der Waals surface area contributed by atoms with Crippen LogP contribution in [0.15, 0.2) is 46.9 Å². The van der Waals surface area contributed by atoms with E-state index >= 15 is 0 Å². The molecule has 0 saturated carbocycles. The summed E-state index contributed by atoms with van der Waals surface area (Å²) >= 11 is 3.36. The van der Waals surface area contributed by atoms with E-state index in [1.54, 1.807) is 36.4 Å². The van der Waals surface area contributed by atoms with Crippen LogP contribution in [0.5, 0.6) is 11.5 Å². The van der Waals surface area contributed by atoms with Crippen molar-refractivity contribution in [2.24, 2.45) is 0 Å². The van der Waals surface area contributed by atoms with E-state index in [1.807, 2.05) is 6.07 Å². The molecule has 1 heterocycles. The van der Waals surface area contributed by atoms with Crippen molar-refractivity contribution in [2.45, 2.75) is 13.1 Å². The molecule has 27 heavy (non-hydrogen) atoms. The number of hydrogen-bond donors (Lipinski definition) is 0. The zero-order valence-corrected chi connectivity index (χ0v) is 16.4. The number of hydrogen-bond acceptors (Lipinski definition) is 5. The van der Waals surface area contributed by atoms with Gasteiger partial charge in [0.25, 0.3) is 0 Å². The summed E-state index contributed by atoms with van der Waals surface area (Å²) in [6.07, 6.45) is 0. The van der Waals surface area contributed by atoms with Crippen molar-refractivity contribution in [3.05, 3.63) is 58.1 Å². The lowest BCUT2D eigenvalue weighted by atomic mass is 10.1. The standard InChI is InChI=1S/C19H17BrN2O5/c1-26-15-9-14(20)16(27-2)8-13(15)11-22-18(24)17(23)21(19(22)25)10-12-6-4-3-5-7-12/h3-9H,10-11H2,1-2H3. The van der Waals surface area contributed by atoms with Gasteiger partial charge in [-0.2, -0.15) is 0 Å². The van der Waals surface area contributed by atoms with E-state index in [1.165, 1.54) is 14.2 Å². The normalized spacial score (nSPS) is 14.1. The minimum Gasteiger partial charge on any atom is -0.496 e. The first kappa shape index (κ1) is 18.9. The first-order chi connectivity index (χ1) is 13.0. The molecule has 0 atom stereocenters. The number of carbonyl (C=O) groups is 3. The number of rotatable bonds is 6. The molecule has 0 aromatic heterocycles. The lowest BCUT2D eigenvalue weighted by molar-refractivity contribution is -0.143. The van der Waals surface area contributed by atoms with Crippen LogP contribution >= 0.6 is 15.9 Å². The molecule has 7 nitrogen and oxygen atoms in total. The molecule has 1 aliphatic rings. The molecule has 8 heteroatoms. The van der Waals surface area contributed by atoms with Gasteiger partial charge in [0.05, 0.1) is 31.8 Å². The highest BCUT2D eigenvalue weighted by molar-refractivity contribution is 9.10. The van der Waals surface area contributed by atoms with Gasteiger partial charge >= 0.3 is 17.8 Å². The Hall–Kier alpha value is -2.87. The molecule has 2 aromatic carbocycles. The molecule has 0 aliphatic carbocycles. The van der Waals surface area contributed by atoms with Crippen LogP contribution in [0.2, 0.25) is 0 Å². The Bertz CT molecular complexity index is 900. The molecule has 3 rings (SSSR count). The number of carbonyl (C=O) groups excluding carboxylic acids is 3. The average molecular weight is 433 g/mol. The lowest BCUT2D eigenvalue weighted by Crippen LogP contribution is -2.32. The summed E-state index contributed by atoms with van der Waals surface area (Å²) in [5.41, 5.74) is 1.31. The maximum absolute atomic E-state index is 12.7. The van der Waals surface area contributed by atoms with Crippen LogP contribution in [0, 0.1) is 0 Å². The number of ether oxygens (including phenoxy) is 2. The summed E-state index contributed by atoms with van der Waals surface area (Å²) in [5, 5.41) is 0. The van der Waals surface area contributed by atoms with E-state index < -0.39 is 17.8 Å². The smallest absolute Gasteiger partial charge is 0.334 e. The van der Waals surface area contributed by atoms with Crippen molar-refractivity contribution >= 4 is 33.8 Å². The van der Waals surface area contributed by atoms with Crippen molar-refractivity contribution in [1.82, 2.24) is 9.80 Å². The quantitative estimate of drug-likeness (QED) is 0.517. The first-order valence-corrected chi connectivity index (χ1v) is 8.87. The van der Waals surface area contributed by atoms with Crippen LogP contribution in [0.3, 0.4) is 0 Å². The molecular weight excluding hydrogens is 416 g/mol. The number of amides is 4. The molecule has 1 aliphatic heterocycles. The minimum absolute atomic E-state index is 0.0432. The van der Waals surface area contributed by atoms with Gasteiger partial charge in [0.15, 0.2) is 0 Å². The van der Waals surface area contributed by atoms with Crippen LogP contribution in [0.4, 0.5) is 4.79 Å². The predicted octanol–water partition coefficient (Wildman–Crippen LogP) is 2.96. The van der Waals surface area contributed by atoms with Gasteiger partial charge in [-0.25, -0.2) is 4.79 Å². The Morgan fingerprint density at radius 2 is 1.44 bits per heavy atom. The summed E-state index contributed by atoms with van der Waals surface area (Å²) in [6.45, 7) is -0.0525. The van der Waals surface area contributed by atoms with Gasteiger partial charge in [0, 0.05) is 5.56 Å². The van der Waals surface area contributed by atoms with E-state index in [9.17, 15) is 14.4 Å². The fourth-order valence-electron chi connectivity index (χ4n) is 2.81. The molecule has 0 radical (unpaired) electrons. The van der Waals surface area contributed by atoms with Gasteiger partial charge in [0.2, 0.25) is 0 Å². The number of urea groups is 1. The van der Waals surface area contributed by atoms with Crippen molar-refractivity contribution in [3.63, 3.8) is 0 Å². The Balaban J connectivity index is 1.86. The fourth-order valence-corrected chi connectivity index (χ4v) is 3.30. The van der Waals surface area contributed by atoms with Crippen LogP contribution in [0.25, 0.3) is 0 Å². The molecule has 0 spiro atoms. The maximum atomic E-state index is 12.7. The second-order valence-electron chi connectivity index (χ2n) is 5.85. The molecule has 1 saturated heterocycles. The molecule has 0 bridgehead atoms. The number of imide groups is 2. The average Bonchev–Trinajstić information content (AvgIpc) is 2.87. The maximum Gasteiger partial charge on any atom is 0.334 e. The second kappa shape index (κ2) is 7.79. The minimum atomic E-state index is -0.861. The van der Waals surface area contributed by atoms with E-state index in [0.717, 1.165) is 15.4 Å². The molecule has 1 fully saturated rings. The van der Waals surface area contributed by atoms with Crippen LogP contribution in [-0.2, 0) is 22.7 Å². The van der Waals surface area contributed by atoms with Gasteiger partial charge < -0.3 is 9.47 Å². The van der Waals surface area contributed by atoms with Gasteiger partial charge in [-0.15, -0.1) is 0 Å². The van der Waals surface area contributed by atoms with Gasteiger partial charge in [-0.3, -0.25) is 19.4 Å². The molecule has 0 N–H and O–H groups in total. The zero-order valence-electron chi connectivity index (χ0n) is 14.8. The molecule has 140 valence electrons. The van der Waals surface area contributed by atoms with Crippen molar-refractivity contribution < 1.29 is 23.9 Å². The summed E-state index contributed by atoms with van der Waals surface area (Å²) in [6, 6.07) is 11.7. The topological polar surface area (TPSA) is 76.2 Å². The van der Waals surface area contributed by atoms with Crippen molar-refractivity contribution in [1.29, 1.82) is 0 Å². The zero-order chi connectivity index (χ0) is 19.6. The third-order valence-electron chi connectivity index (χ3n) is 4.20. The van der Waals surface area contributed by atoms with Crippen molar-refractivity contribution in [3.8, 4) is 11.5 Å². The number of methoxy groups -OCH3 is 2. The van der Waals surface area contributed by atoms with Crippen molar-refractivity contribution in [2.75, 3.05) is 14.2 Å². The summed E-state index contributed by atoms with van der Waals surface area (Å²) < 4.78 is 11.3. The Morgan fingerprint density at radius 1 is 0.852 bits per heavy atom. The molecular formula is C19H17BrN2O5. The van der Waals surface area contributed by atoms with Gasteiger partial charge in [-0.05, 0) is 33.6 Å². The molecule has 4 amide bonds. The fraction of sp³-hybridized carbons (Fsp3) is 0.211. The summed E-state index contributed by atoms with van der Waals surface area (Å²) in [4.78, 5) is 39.2. The van der Waals surface area contributed by atoms with E-state index in [4.69, 9.17) is 9.47 Å². The SMILES string of the molecule is COc1cc(CN2C(=O)C(=O)N(Cc3ccccc3)C2=O)c(OC)cc1Br. The second-order valence-corrected chi connectivity index (χ2v) is 6.70. The van der Waals surface area contributed by atoms with Crippen LogP contribution < -0.4 is 9.47 Å². The summed E-state index contributed by atoms with van der Waals surface area (Å²) in [5.74, 6) is -0.707. The van der Waals surface area contributed by atoms with Crippen LogP contribution in [0.1, 0.15) is 11.1 Å². The van der Waals surface area contributed by atoms with Gasteiger partial charge in [-0.1, -0.05) is 30.3 Å². The molecule has 2 aromatic rings. The van der Waals surface area contributed by atoms with Gasteiger partial charge in [0.1, 0.15) is 11.5 Å². The Kier molecular flexibility index (Phi) is 5.46. The van der Waals surface area contributed by atoms with E-state index in [0.29, 0.717) is 21.5 Å². The Labute approximate surface area is 164 Å². The first-order valence-electron chi connectivity index (χ1n) is 8.08. The third kappa shape index (κ3) is 3.66. The monoisotopic (exact) mass is 432 g/mol. The number of halogens is 1. The lowest BCUT2D eigenvalue weighted by Gasteiger charge is -2.18.